The lowest BCUT2D eigenvalue weighted by molar-refractivity contribution is 0.0600. The first-order chi connectivity index (χ1) is 13.7. The molecule has 1 fully saturated rings. The summed E-state index contributed by atoms with van der Waals surface area (Å²) in [6, 6.07) is 11.9. The number of ether oxygens (including phenoxy) is 3. The van der Waals surface area contributed by atoms with Crippen molar-refractivity contribution in [2.24, 2.45) is 4.99 Å². The summed E-state index contributed by atoms with van der Waals surface area (Å²) < 4.78 is 15.9. The van der Waals surface area contributed by atoms with E-state index in [1.165, 1.54) is 25.5 Å². The van der Waals surface area contributed by atoms with Crippen LogP contribution in [0.2, 0.25) is 0 Å². The van der Waals surface area contributed by atoms with Crippen molar-refractivity contribution in [1.29, 1.82) is 0 Å². The SMILES string of the molecule is COC(=O)c1ccc(C2=N[C@H]3CCCC[C@H]3c3cc(OC)c(OC)cc32)cc1. The first-order valence-electron chi connectivity index (χ1n) is 9.69. The fourth-order valence-corrected chi connectivity index (χ4v) is 4.38. The Kier molecular flexibility index (Phi) is 5.07. The maximum Gasteiger partial charge on any atom is 0.337 e. The van der Waals surface area contributed by atoms with Crippen molar-refractivity contribution in [1.82, 2.24) is 0 Å². The van der Waals surface area contributed by atoms with Crippen LogP contribution in [0.1, 0.15) is 58.6 Å². The van der Waals surface area contributed by atoms with Gasteiger partial charge < -0.3 is 14.2 Å². The minimum atomic E-state index is -0.337. The van der Waals surface area contributed by atoms with E-state index in [1.54, 1.807) is 26.4 Å². The van der Waals surface area contributed by atoms with Gasteiger partial charge in [-0.05, 0) is 42.7 Å². The monoisotopic (exact) mass is 379 g/mol. The lowest BCUT2D eigenvalue weighted by atomic mass is 9.75. The molecule has 0 unspecified atom stereocenters. The summed E-state index contributed by atoms with van der Waals surface area (Å²) in [5.41, 5.74) is 4.85. The van der Waals surface area contributed by atoms with Gasteiger partial charge in [0.25, 0.3) is 0 Å². The van der Waals surface area contributed by atoms with E-state index in [-0.39, 0.29) is 12.0 Å². The molecular formula is C23H25NO4. The number of hydrogen-bond donors (Lipinski definition) is 0. The number of nitrogens with zero attached hydrogens (tertiary/aromatic N) is 1. The molecule has 0 saturated heterocycles. The minimum Gasteiger partial charge on any atom is -0.493 e. The lowest BCUT2D eigenvalue weighted by Crippen LogP contribution is -2.29. The van der Waals surface area contributed by atoms with Crippen molar-refractivity contribution in [2.75, 3.05) is 21.3 Å². The van der Waals surface area contributed by atoms with Gasteiger partial charge in [-0.2, -0.15) is 0 Å². The Morgan fingerprint density at radius 2 is 1.64 bits per heavy atom. The normalized spacial score (nSPS) is 20.5. The van der Waals surface area contributed by atoms with Crippen molar-refractivity contribution >= 4 is 11.7 Å². The molecule has 5 nitrogen and oxygen atoms in total. The third-order valence-corrected chi connectivity index (χ3v) is 5.81. The highest BCUT2D eigenvalue weighted by Gasteiger charge is 2.34. The molecule has 1 saturated carbocycles. The molecule has 2 aliphatic rings. The summed E-state index contributed by atoms with van der Waals surface area (Å²) in [4.78, 5) is 16.9. The summed E-state index contributed by atoms with van der Waals surface area (Å²) in [5.74, 6) is 1.54. The van der Waals surface area contributed by atoms with Gasteiger partial charge in [0.15, 0.2) is 11.5 Å². The maximum absolute atomic E-state index is 11.8. The molecule has 1 heterocycles. The Morgan fingerprint density at radius 1 is 0.964 bits per heavy atom. The van der Waals surface area contributed by atoms with Crippen molar-refractivity contribution < 1.29 is 19.0 Å². The zero-order chi connectivity index (χ0) is 19.7. The molecule has 0 amide bonds. The highest BCUT2D eigenvalue weighted by Crippen LogP contribution is 2.44. The smallest absolute Gasteiger partial charge is 0.337 e. The highest BCUT2D eigenvalue weighted by molar-refractivity contribution is 6.15. The summed E-state index contributed by atoms with van der Waals surface area (Å²) in [6.07, 6.45) is 4.68. The van der Waals surface area contributed by atoms with Crippen LogP contribution in [-0.2, 0) is 4.74 Å². The predicted octanol–water partition coefficient (Wildman–Crippen LogP) is 4.37. The molecular weight excluding hydrogens is 354 g/mol. The molecule has 2 aromatic carbocycles. The molecule has 2 aromatic rings. The number of rotatable bonds is 4. The van der Waals surface area contributed by atoms with E-state index in [4.69, 9.17) is 19.2 Å². The number of benzene rings is 2. The Morgan fingerprint density at radius 3 is 2.32 bits per heavy atom. The molecule has 146 valence electrons. The quantitative estimate of drug-likeness (QED) is 0.741. The van der Waals surface area contributed by atoms with Gasteiger partial charge in [0.2, 0.25) is 0 Å². The average molecular weight is 379 g/mol. The zero-order valence-corrected chi connectivity index (χ0v) is 16.5. The third-order valence-electron chi connectivity index (χ3n) is 5.81. The van der Waals surface area contributed by atoms with Crippen LogP contribution in [0, 0.1) is 0 Å². The van der Waals surface area contributed by atoms with Gasteiger partial charge in [-0.1, -0.05) is 25.0 Å². The first kappa shape index (κ1) is 18.5. The van der Waals surface area contributed by atoms with Crippen molar-refractivity contribution in [2.45, 2.75) is 37.6 Å². The van der Waals surface area contributed by atoms with Crippen molar-refractivity contribution in [3.8, 4) is 11.5 Å². The molecule has 1 aliphatic carbocycles. The Hall–Kier alpha value is -2.82. The summed E-state index contributed by atoms with van der Waals surface area (Å²) in [7, 11) is 4.71. The first-order valence-corrected chi connectivity index (χ1v) is 9.69. The number of esters is 1. The van der Waals surface area contributed by atoms with Gasteiger partial charge in [0, 0.05) is 17.0 Å². The van der Waals surface area contributed by atoms with Crippen LogP contribution in [-0.4, -0.2) is 39.1 Å². The average Bonchev–Trinajstić information content (AvgIpc) is 2.77. The molecule has 4 rings (SSSR count). The predicted molar refractivity (Wildman–Crippen MR) is 108 cm³/mol. The Labute approximate surface area is 165 Å². The number of hydrogen-bond acceptors (Lipinski definition) is 5. The van der Waals surface area contributed by atoms with Gasteiger partial charge in [0.05, 0.1) is 38.6 Å². The molecule has 0 spiro atoms. The van der Waals surface area contributed by atoms with E-state index in [0.717, 1.165) is 35.4 Å². The number of carbonyl (C=O) groups excluding carboxylic acids is 1. The zero-order valence-electron chi connectivity index (χ0n) is 16.5. The lowest BCUT2D eigenvalue weighted by Gasteiger charge is -2.35. The molecule has 2 atom stereocenters. The second-order valence-electron chi connectivity index (χ2n) is 7.30. The fraction of sp³-hybridized carbons (Fsp3) is 0.391. The molecule has 0 aromatic heterocycles. The van der Waals surface area contributed by atoms with Gasteiger partial charge in [-0.25, -0.2) is 4.79 Å². The topological polar surface area (TPSA) is 57.1 Å². The largest absolute Gasteiger partial charge is 0.493 e. The van der Waals surface area contributed by atoms with Gasteiger partial charge in [0.1, 0.15) is 0 Å². The van der Waals surface area contributed by atoms with Crippen molar-refractivity contribution in [3.05, 3.63) is 58.7 Å². The molecule has 5 heteroatoms. The van der Waals surface area contributed by atoms with Crippen LogP contribution in [0.25, 0.3) is 0 Å². The van der Waals surface area contributed by atoms with Gasteiger partial charge in [-0.15, -0.1) is 0 Å². The second kappa shape index (κ2) is 7.66. The minimum absolute atomic E-state index is 0.287. The molecule has 0 bridgehead atoms. The molecule has 1 aliphatic heterocycles. The number of methoxy groups -OCH3 is 3. The van der Waals surface area contributed by atoms with Crippen molar-refractivity contribution in [3.63, 3.8) is 0 Å². The van der Waals surface area contributed by atoms with Crippen LogP contribution < -0.4 is 9.47 Å². The third kappa shape index (κ3) is 3.15. The Balaban J connectivity index is 1.83. The van der Waals surface area contributed by atoms with E-state index < -0.39 is 0 Å². The summed E-state index contributed by atoms with van der Waals surface area (Å²) in [6.45, 7) is 0. The standard InChI is InChI=1S/C23H25NO4/c1-26-20-12-17-16-6-4-5-7-19(16)24-22(18(17)13-21(20)27-2)14-8-10-15(11-9-14)23(25)28-3/h8-13,16,19H,4-7H2,1-3H3/t16-,19-/m0/s1. The van der Waals surface area contributed by atoms with E-state index in [1.807, 2.05) is 18.2 Å². The maximum atomic E-state index is 11.8. The van der Waals surface area contributed by atoms with E-state index in [0.29, 0.717) is 17.2 Å². The molecule has 0 radical (unpaired) electrons. The summed E-state index contributed by atoms with van der Waals surface area (Å²) >= 11 is 0. The van der Waals surface area contributed by atoms with E-state index >= 15 is 0 Å². The number of carbonyl (C=O) groups is 1. The van der Waals surface area contributed by atoms with Crippen LogP contribution >= 0.6 is 0 Å². The number of fused-ring (bicyclic) bond motifs is 3. The molecule has 0 N–H and O–H groups in total. The van der Waals surface area contributed by atoms with E-state index in [2.05, 4.69) is 6.07 Å². The van der Waals surface area contributed by atoms with Crippen LogP contribution in [0.5, 0.6) is 11.5 Å². The number of aliphatic imine (C=N–C) groups is 1. The van der Waals surface area contributed by atoms with Crippen LogP contribution in [0.15, 0.2) is 41.4 Å². The highest BCUT2D eigenvalue weighted by atomic mass is 16.5. The van der Waals surface area contributed by atoms with E-state index in [9.17, 15) is 4.79 Å². The Bertz CT molecular complexity index is 917. The van der Waals surface area contributed by atoms with Gasteiger partial charge >= 0.3 is 5.97 Å². The molecule has 28 heavy (non-hydrogen) atoms. The summed E-state index contributed by atoms with van der Waals surface area (Å²) in [5, 5.41) is 0. The van der Waals surface area contributed by atoms with Crippen LogP contribution in [0.3, 0.4) is 0 Å². The fourth-order valence-electron chi connectivity index (χ4n) is 4.38. The second-order valence-corrected chi connectivity index (χ2v) is 7.30. The van der Waals surface area contributed by atoms with Gasteiger partial charge in [-0.3, -0.25) is 4.99 Å². The van der Waals surface area contributed by atoms with Crippen LogP contribution in [0.4, 0.5) is 0 Å².